The second-order valence-electron chi connectivity index (χ2n) is 10.6. The molecule has 11 nitrogen and oxygen atoms in total. The fourth-order valence-electron chi connectivity index (χ4n) is 5.75. The molecule has 4 heterocycles. The third kappa shape index (κ3) is 5.53. The number of rotatable bonds is 8. The maximum absolute atomic E-state index is 13.9. The molecular formula is C27H30ClFN6O5S. The Labute approximate surface area is 245 Å². The topological polar surface area (TPSA) is 128 Å². The smallest absolute Gasteiger partial charge is 0.338 e. The van der Waals surface area contributed by atoms with Crippen LogP contribution in [-0.4, -0.2) is 100 Å². The van der Waals surface area contributed by atoms with Crippen LogP contribution in [0.4, 0.5) is 9.18 Å². The summed E-state index contributed by atoms with van der Waals surface area (Å²) in [5, 5.41) is 15.5. The number of piperazine rings is 1. The highest BCUT2D eigenvalue weighted by molar-refractivity contribution is 7.11. The number of benzene rings is 1. The number of aliphatic imine (C=N–C) groups is 1. The number of carboxylic acids is 1. The summed E-state index contributed by atoms with van der Waals surface area (Å²) >= 11 is 7.80. The molecule has 2 fully saturated rings. The minimum atomic E-state index is -0.996. The molecule has 2 atom stereocenters. The lowest BCUT2D eigenvalue weighted by atomic mass is 9.90. The van der Waals surface area contributed by atoms with Crippen LogP contribution < -0.4 is 5.32 Å². The molecule has 1 unspecified atom stereocenters. The number of hydrogen-bond donors (Lipinski definition) is 2. The Bertz CT molecular complexity index is 1430. The van der Waals surface area contributed by atoms with E-state index in [0.717, 1.165) is 0 Å². The van der Waals surface area contributed by atoms with Crippen molar-refractivity contribution in [2.75, 3.05) is 39.8 Å². The van der Waals surface area contributed by atoms with Gasteiger partial charge in [0.25, 0.3) is 0 Å². The van der Waals surface area contributed by atoms with Crippen molar-refractivity contribution in [1.82, 2.24) is 25.0 Å². The van der Waals surface area contributed by atoms with Crippen LogP contribution >= 0.6 is 22.9 Å². The van der Waals surface area contributed by atoms with Crippen molar-refractivity contribution >= 4 is 46.7 Å². The highest BCUT2D eigenvalue weighted by atomic mass is 35.5. The van der Waals surface area contributed by atoms with Crippen LogP contribution in [0, 0.1) is 5.82 Å². The summed E-state index contributed by atoms with van der Waals surface area (Å²) in [6.45, 7) is 5.35. The SMILES string of the molecule is COC(=O)C1=C(CN2CCN3C(=O)N(C(C)C)CC3(CC(=O)O)C2)NC(c2nccs2)=N[C@H]1c1ccc(F)cc1Cl. The molecule has 2 saturated heterocycles. The van der Waals surface area contributed by atoms with Crippen LogP contribution in [0.2, 0.25) is 5.02 Å². The van der Waals surface area contributed by atoms with Gasteiger partial charge in [0, 0.05) is 66.6 Å². The average molecular weight is 605 g/mol. The normalized spacial score (nSPS) is 23.0. The van der Waals surface area contributed by atoms with Gasteiger partial charge in [-0.2, -0.15) is 0 Å². The molecule has 0 saturated carbocycles. The summed E-state index contributed by atoms with van der Waals surface area (Å²) < 4.78 is 19.1. The van der Waals surface area contributed by atoms with Crippen molar-refractivity contribution in [1.29, 1.82) is 0 Å². The van der Waals surface area contributed by atoms with Crippen molar-refractivity contribution in [3.05, 3.63) is 62.5 Å². The number of carbonyl (C=O) groups is 3. The number of amidine groups is 1. The largest absolute Gasteiger partial charge is 0.481 e. The van der Waals surface area contributed by atoms with Gasteiger partial charge in [0.05, 0.1) is 24.6 Å². The second kappa shape index (κ2) is 11.4. The number of aromatic nitrogens is 1. The zero-order valence-electron chi connectivity index (χ0n) is 22.8. The molecule has 218 valence electrons. The fourth-order valence-corrected chi connectivity index (χ4v) is 6.61. The lowest BCUT2D eigenvalue weighted by Gasteiger charge is -2.45. The van der Waals surface area contributed by atoms with E-state index < -0.39 is 29.3 Å². The molecule has 1 aromatic heterocycles. The Kier molecular flexibility index (Phi) is 8.04. The first-order chi connectivity index (χ1) is 19.5. The van der Waals surface area contributed by atoms with E-state index >= 15 is 0 Å². The van der Waals surface area contributed by atoms with Gasteiger partial charge in [-0.25, -0.2) is 19.0 Å². The number of amides is 2. The van der Waals surface area contributed by atoms with E-state index in [1.54, 1.807) is 21.4 Å². The molecule has 0 radical (unpaired) electrons. The molecule has 41 heavy (non-hydrogen) atoms. The third-order valence-corrected chi connectivity index (χ3v) is 8.69. The second-order valence-corrected chi connectivity index (χ2v) is 11.9. The van der Waals surface area contributed by atoms with E-state index in [1.165, 1.54) is 36.6 Å². The summed E-state index contributed by atoms with van der Waals surface area (Å²) in [5.41, 5.74) is 0.161. The minimum absolute atomic E-state index is 0.0841. The van der Waals surface area contributed by atoms with Gasteiger partial charge in [-0.3, -0.25) is 14.7 Å². The monoisotopic (exact) mass is 604 g/mol. The quantitative estimate of drug-likeness (QED) is 0.440. The number of methoxy groups -OCH3 is 1. The van der Waals surface area contributed by atoms with Gasteiger partial charge in [0.2, 0.25) is 0 Å². The Hall–Kier alpha value is -3.55. The van der Waals surface area contributed by atoms with Crippen molar-refractivity contribution < 1.29 is 28.6 Å². The third-order valence-electron chi connectivity index (χ3n) is 7.58. The fraction of sp³-hybridized carbons (Fsp3) is 0.444. The zero-order chi connectivity index (χ0) is 29.5. The number of carboxylic acid groups (broad SMARTS) is 1. The van der Waals surface area contributed by atoms with Crippen molar-refractivity contribution in [3.8, 4) is 0 Å². The van der Waals surface area contributed by atoms with E-state index in [9.17, 15) is 23.9 Å². The minimum Gasteiger partial charge on any atom is -0.481 e. The zero-order valence-corrected chi connectivity index (χ0v) is 24.3. The van der Waals surface area contributed by atoms with Gasteiger partial charge in [-0.1, -0.05) is 17.7 Å². The first-order valence-electron chi connectivity index (χ1n) is 13.1. The van der Waals surface area contributed by atoms with Crippen LogP contribution in [0.15, 0.2) is 46.0 Å². The van der Waals surface area contributed by atoms with Gasteiger partial charge in [-0.05, 0) is 26.0 Å². The van der Waals surface area contributed by atoms with Gasteiger partial charge >= 0.3 is 18.0 Å². The molecule has 3 aliphatic heterocycles. The predicted octanol–water partition coefficient (Wildman–Crippen LogP) is 3.13. The molecule has 14 heteroatoms. The summed E-state index contributed by atoms with van der Waals surface area (Å²) in [5.74, 6) is -1.75. The van der Waals surface area contributed by atoms with Crippen LogP contribution in [0.3, 0.4) is 0 Å². The van der Waals surface area contributed by atoms with Crippen LogP contribution in [0.1, 0.15) is 36.9 Å². The number of esters is 1. The number of halogens is 2. The standard InChI is InChI=1S/C27H30ClFN6O5S/c1-15(2)34-14-27(11-20(36)37)13-33(7-8-35(27)26(34)39)12-19-21(25(38)40-3)22(17-5-4-16(29)10-18(17)28)32-23(31-19)24-30-6-9-41-24/h4-6,9-10,15,22H,7-8,11-14H2,1-3H3,(H,31,32)(H,36,37)/t22-,27?/m0/s1. The molecule has 2 amide bonds. The molecule has 1 aromatic carbocycles. The van der Waals surface area contributed by atoms with Crippen molar-refractivity contribution in [2.24, 2.45) is 4.99 Å². The van der Waals surface area contributed by atoms with Crippen molar-refractivity contribution in [2.45, 2.75) is 37.9 Å². The van der Waals surface area contributed by atoms with E-state index in [2.05, 4.69) is 10.3 Å². The molecule has 3 aliphatic rings. The van der Waals surface area contributed by atoms with Crippen molar-refractivity contribution in [3.63, 3.8) is 0 Å². The maximum atomic E-state index is 13.9. The summed E-state index contributed by atoms with van der Waals surface area (Å²) in [4.78, 5) is 52.9. The summed E-state index contributed by atoms with van der Waals surface area (Å²) in [7, 11) is 1.27. The molecule has 0 spiro atoms. The lowest BCUT2D eigenvalue weighted by Crippen LogP contribution is -2.62. The number of carbonyl (C=O) groups excluding carboxylic acids is 2. The molecule has 5 rings (SSSR count). The first kappa shape index (κ1) is 29.0. The number of urea groups is 1. The highest BCUT2D eigenvalue weighted by Crippen LogP contribution is 2.38. The lowest BCUT2D eigenvalue weighted by molar-refractivity contribution is -0.140. The Morgan fingerprint density at radius 1 is 1.32 bits per heavy atom. The van der Waals surface area contributed by atoms with Gasteiger partial charge < -0.3 is 25.0 Å². The first-order valence-corrected chi connectivity index (χ1v) is 14.3. The summed E-state index contributed by atoms with van der Waals surface area (Å²) in [6, 6.07) is 2.74. The van der Waals surface area contributed by atoms with Gasteiger partial charge in [0.1, 0.15) is 11.9 Å². The number of thiazole rings is 1. The maximum Gasteiger partial charge on any atom is 0.338 e. The number of aliphatic carboxylic acids is 1. The Morgan fingerprint density at radius 2 is 2.10 bits per heavy atom. The van der Waals surface area contributed by atoms with E-state index in [0.29, 0.717) is 35.2 Å². The van der Waals surface area contributed by atoms with E-state index in [1.807, 2.05) is 18.7 Å². The molecule has 2 aromatic rings. The summed E-state index contributed by atoms with van der Waals surface area (Å²) in [6.07, 6.45) is 1.42. The van der Waals surface area contributed by atoms with Gasteiger partial charge in [-0.15, -0.1) is 11.3 Å². The molecule has 2 N–H and O–H groups in total. The number of nitrogens with one attached hydrogen (secondary N) is 1. The van der Waals surface area contributed by atoms with Gasteiger partial charge in [0.15, 0.2) is 10.8 Å². The van der Waals surface area contributed by atoms with Crippen LogP contribution in [0.25, 0.3) is 0 Å². The number of fused-ring (bicyclic) bond motifs is 1. The molecule has 0 aliphatic carbocycles. The average Bonchev–Trinajstić information content (AvgIpc) is 3.54. The van der Waals surface area contributed by atoms with Crippen LogP contribution in [0.5, 0.6) is 0 Å². The van der Waals surface area contributed by atoms with E-state index in [-0.39, 0.29) is 48.7 Å². The highest BCUT2D eigenvalue weighted by Gasteiger charge is 2.54. The van der Waals surface area contributed by atoms with E-state index in [4.69, 9.17) is 21.3 Å². The Morgan fingerprint density at radius 3 is 2.73 bits per heavy atom. The van der Waals surface area contributed by atoms with Crippen LogP contribution in [-0.2, 0) is 14.3 Å². The molecular weight excluding hydrogens is 575 g/mol. The Balaban J connectivity index is 1.54. The predicted molar refractivity (Wildman–Crippen MR) is 150 cm³/mol. The number of nitrogens with zero attached hydrogens (tertiary/aromatic N) is 5. The molecule has 0 bridgehead atoms. The number of hydrogen-bond acceptors (Lipinski definition) is 9. The number of ether oxygens (including phenoxy) is 1.